The van der Waals surface area contributed by atoms with Crippen LogP contribution in [0.25, 0.3) is 88.1 Å². The molecule has 0 fully saturated rings. The maximum atomic E-state index is 9.68. The SMILES string of the molecule is N#Cc1ccc2c3ccccc3n(-c3ccc4oc5ccc(-c6cccc(-n7c8ccccc8c8ccccc87)c6)cc5c4c3)c2c1. The van der Waals surface area contributed by atoms with Crippen LogP contribution in [-0.4, -0.2) is 9.13 Å². The fourth-order valence-corrected chi connectivity index (χ4v) is 7.43. The first-order valence-corrected chi connectivity index (χ1v) is 15.7. The van der Waals surface area contributed by atoms with Crippen molar-refractivity contribution in [3.63, 3.8) is 0 Å². The molecule has 0 N–H and O–H groups in total. The second-order valence-corrected chi connectivity index (χ2v) is 12.1. The highest BCUT2D eigenvalue weighted by Crippen LogP contribution is 2.38. The Morgan fingerprint density at radius 2 is 0.957 bits per heavy atom. The van der Waals surface area contributed by atoms with Crippen LogP contribution in [0.1, 0.15) is 5.56 Å². The van der Waals surface area contributed by atoms with Gasteiger partial charge in [0.1, 0.15) is 11.2 Å². The third-order valence-electron chi connectivity index (χ3n) is 9.53. The van der Waals surface area contributed by atoms with E-state index in [0.29, 0.717) is 5.56 Å². The minimum absolute atomic E-state index is 0.643. The van der Waals surface area contributed by atoms with E-state index in [9.17, 15) is 5.26 Å². The molecule has 0 aliphatic heterocycles. The molecule has 47 heavy (non-hydrogen) atoms. The summed E-state index contributed by atoms with van der Waals surface area (Å²) < 4.78 is 11.0. The van der Waals surface area contributed by atoms with Crippen LogP contribution in [0.15, 0.2) is 156 Å². The molecule has 4 heteroatoms. The topological polar surface area (TPSA) is 46.8 Å². The molecule has 0 unspecified atom stereocenters. The van der Waals surface area contributed by atoms with Crippen molar-refractivity contribution in [1.29, 1.82) is 5.26 Å². The van der Waals surface area contributed by atoms with Gasteiger partial charge in [-0.15, -0.1) is 0 Å². The molecule has 0 atom stereocenters. The Bertz CT molecular complexity index is 2880. The molecule has 3 heterocycles. The maximum absolute atomic E-state index is 9.68. The lowest BCUT2D eigenvalue weighted by atomic mass is 10.0. The van der Waals surface area contributed by atoms with Crippen molar-refractivity contribution in [2.75, 3.05) is 0 Å². The number of fused-ring (bicyclic) bond motifs is 9. The summed E-state index contributed by atoms with van der Waals surface area (Å²) >= 11 is 0. The van der Waals surface area contributed by atoms with E-state index in [-0.39, 0.29) is 0 Å². The predicted molar refractivity (Wildman–Crippen MR) is 193 cm³/mol. The lowest BCUT2D eigenvalue weighted by molar-refractivity contribution is 0.669. The van der Waals surface area contributed by atoms with Crippen molar-refractivity contribution in [3.8, 4) is 28.6 Å². The standard InChI is InChI=1S/C43H25N3O/c44-26-27-16-19-35-34-12-3-6-15-40(34)46(41(35)22-27)31-18-21-43-37(25-31)36-24-29(17-20-42(36)47-43)28-8-7-9-30(23-28)45-38-13-4-1-10-32(38)33-11-2-5-14-39(33)45/h1-25H. The Balaban J connectivity index is 1.15. The number of para-hydroxylation sites is 3. The van der Waals surface area contributed by atoms with Gasteiger partial charge in [-0.25, -0.2) is 0 Å². The first-order valence-electron chi connectivity index (χ1n) is 15.7. The normalized spacial score (nSPS) is 11.8. The van der Waals surface area contributed by atoms with Gasteiger partial charge in [-0.1, -0.05) is 78.9 Å². The van der Waals surface area contributed by atoms with Gasteiger partial charge in [-0.05, 0) is 83.9 Å². The second kappa shape index (κ2) is 9.71. The van der Waals surface area contributed by atoms with Crippen LogP contribution in [0.3, 0.4) is 0 Å². The van der Waals surface area contributed by atoms with E-state index >= 15 is 0 Å². The van der Waals surface area contributed by atoms with E-state index in [0.717, 1.165) is 66.2 Å². The monoisotopic (exact) mass is 599 g/mol. The Morgan fingerprint density at radius 1 is 0.404 bits per heavy atom. The van der Waals surface area contributed by atoms with Gasteiger partial charge in [0.05, 0.1) is 33.7 Å². The van der Waals surface area contributed by atoms with E-state index in [4.69, 9.17) is 4.42 Å². The van der Waals surface area contributed by atoms with E-state index in [1.54, 1.807) is 0 Å². The Kier molecular flexibility index (Phi) is 5.32. The van der Waals surface area contributed by atoms with Gasteiger partial charge in [0.25, 0.3) is 0 Å². The van der Waals surface area contributed by atoms with E-state index in [1.165, 1.54) is 21.8 Å². The largest absolute Gasteiger partial charge is 0.456 e. The molecular formula is C43H25N3O. The van der Waals surface area contributed by atoms with Gasteiger partial charge in [-0.3, -0.25) is 0 Å². The first kappa shape index (κ1) is 25.7. The molecule has 0 spiro atoms. The summed E-state index contributed by atoms with van der Waals surface area (Å²) in [7, 11) is 0. The van der Waals surface area contributed by atoms with Crippen molar-refractivity contribution in [2.24, 2.45) is 0 Å². The van der Waals surface area contributed by atoms with Crippen molar-refractivity contribution >= 4 is 65.6 Å². The van der Waals surface area contributed by atoms with E-state index in [1.807, 2.05) is 12.1 Å². The summed E-state index contributed by atoms with van der Waals surface area (Å²) in [5, 5.41) is 16.6. The van der Waals surface area contributed by atoms with Crippen LogP contribution in [-0.2, 0) is 0 Å². The van der Waals surface area contributed by atoms with Crippen molar-refractivity contribution in [2.45, 2.75) is 0 Å². The number of benzene rings is 7. The summed E-state index contributed by atoms with van der Waals surface area (Å²) in [6.45, 7) is 0. The number of nitriles is 1. The summed E-state index contributed by atoms with van der Waals surface area (Å²) in [6, 6.07) is 55.5. The molecule has 0 saturated carbocycles. The smallest absolute Gasteiger partial charge is 0.135 e. The highest BCUT2D eigenvalue weighted by molar-refractivity contribution is 6.12. The molecule has 0 aliphatic rings. The summed E-state index contributed by atoms with van der Waals surface area (Å²) in [5.41, 5.74) is 11.3. The third kappa shape index (κ3) is 3.75. The predicted octanol–water partition coefficient (Wildman–Crippen LogP) is 11.3. The fourth-order valence-electron chi connectivity index (χ4n) is 7.43. The molecule has 3 aromatic heterocycles. The van der Waals surface area contributed by atoms with Crippen molar-refractivity contribution in [3.05, 3.63) is 157 Å². The number of aromatic nitrogens is 2. The van der Waals surface area contributed by atoms with Gasteiger partial charge >= 0.3 is 0 Å². The van der Waals surface area contributed by atoms with Gasteiger partial charge in [0.2, 0.25) is 0 Å². The highest BCUT2D eigenvalue weighted by Gasteiger charge is 2.16. The molecule has 4 nitrogen and oxygen atoms in total. The van der Waals surface area contributed by atoms with Crippen molar-refractivity contribution < 1.29 is 4.42 Å². The zero-order valence-electron chi connectivity index (χ0n) is 25.2. The minimum atomic E-state index is 0.643. The Morgan fingerprint density at radius 3 is 1.64 bits per heavy atom. The summed E-state index contributed by atoms with van der Waals surface area (Å²) in [4.78, 5) is 0. The highest BCUT2D eigenvalue weighted by atomic mass is 16.3. The van der Waals surface area contributed by atoms with E-state index in [2.05, 4.69) is 155 Å². The molecular weight excluding hydrogens is 574 g/mol. The lowest BCUT2D eigenvalue weighted by Gasteiger charge is -2.10. The number of furan rings is 1. The van der Waals surface area contributed by atoms with Gasteiger partial charge in [0.15, 0.2) is 0 Å². The zero-order valence-corrected chi connectivity index (χ0v) is 25.2. The van der Waals surface area contributed by atoms with Crippen LogP contribution in [0.4, 0.5) is 0 Å². The molecule has 7 aromatic carbocycles. The minimum Gasteiger partial charge on any atom is -0.456 e. The molecule has 10 rings (SSSR count). The number of nitrogens with zero attached hydrogens (tertiary/aromatic N) is 3. The number of hydrogen-bond donors (Lipinski definition) is 0. The van der Waals surface area contributed by atoms with Crippen LogP contribution < -0.4 is 0 Å². The van der Waals surface area contributed by atoms with Gasteiger partial charge in [-0.2, -0.15) is 5.26 Å². The number of rotatable bonds is 3. The van der Waals surface area contributed by atoms with Crippen LogP contribution in [0, 0.1) is 11.3 Å². The fraction of sp³-hybridized carbons (Fsp3) is 0. The van der Waals surface area contributed by atoms with Gasteiger partial charge in [0, 0.05) is 43.7 Å². The molecule has 218 valence electrons. The van der Waals surface area contributed by atoms with Crippen LogP contribution in [0.5, 0.6) is 0 Å². The quantitative estimate of drug-likeness (QED) is 0.203. The molecule has 0 bridgehead atoms. The molecule has 0 radical (unpaired) electrons. The second-order valence-electron chi connectivity index (χ2n) is 12.1. The molecule has 0 amide bonds. The molecule has 0 aliphatic carbocycles. The average molecular weight is 600 g/mol. The summed E-state index contributed by atoms with van der Waals surface area (Å²) in [6.07, 6.45) is 0. The Hall–Kier alpha value is -6.57. The zero-order chi connectivity index (χ0) is 31.1. The first-order chi connectivity index (χ1) is 23.2. The van der Waals surface area contributed by atoms with Crippen LogP contribution >= 0.6 is 0 Å². The number of hydrogen-bond acceptors (Lipinski definition) is 2. The molecule has 10 aromatic rings. The van der Waals surface area contributed by atoms with Crippen molar-refractivity contribution in [1.82, 2.24) is 9.13 Å². The summed E-state index contributed by atoms with van der Waals surface area (Å²) in [5.74, 6) is 0. The third-order valence-corrected chi connectivity index (χ3v) is 9.53. The average Bonchev–Trinajstić information content (AvgIpc) is 3.78. The van der Waals surface area contributed by atoms with Gasteiger partial charge < -0.3 is 13.6 Å². The lowest BCUT2D eigenvalue weighted by Crippen LogP contribution is -1.94. The van der Waals surface area contributed by atoms with Crippen LogP contribution in [0.2, 0.25) is 0 Å². The Labute approximate surface area is 269 Å². The molecule has 0 saturated heterocycles. The maximum Gasteiger partial charge on any atom is 0.135 e. The van der Waals surface area contributed by atoms with E-state index < -0.39 is 0 Å².